The first kappa shape index (κ1) is 23.0. The summed E-state index contributed by atoms with van der Waals surface area (Å²) in [4.78, 5) is 23.8. The average Bonchev–Trinajstić information content (AvgIpc) is 3.69. The van der Waals surface area contributed by atoms with Crippen molar-refractivity contribution >= 4 is 33.3 Å². The van der Waals surface area contributed by atoms with Gasteiger partial charge in [0.2, 0.25) is 0 Å². The Balaban J connectivity index is 1.24. The minimum Gasteiger partial charge on any atom is -0.336 e. The average molecular weight is 533 g/mol. The Morgan fingerprint density at radius 2 is 1.95 bits per heavy atom. The summed E-state index contributed by atoms with van der Waals surface area (Å²) in [5.74, 6) is -2.10. The third-order valence-corrected chi connectivity index (χ3v) is 7.51. The number of rotatable bonds is 5. The Morgan fingerprint density at radius 1 is 1.03 bits per heavy atom. The molecule has 1 aliphatic heterocycles. The molecule has 1 saturated heterocycles. The number of aromatic nitrogens is 7. The van der Waals surface area contributed by atoms with Gasteiger partial charge in [0.15, 0.2) is 11.0 Å². The lowest BCUT2D eigenvalue weighted by Crippen LogP contribution is -2.24. The Bertz CT molecular complexity index is 1810. The number of likely N-dealkylation sites (tertiary alicyclic amines) is 1. The van der Waals surface area contributed by atoms with Crippen LogP contribution in [0.3, 0.4) is 0 Å². The number of hydrogen-bond acceptors (Lipinski definition) is 7. The molecular formula is C26H19F3N8S. The molecule has 7 heterocycles. The molecule has 6 aromatic rings. The summed E-state index contributed by atoms with van der Waals surface area (Å²) in [7, 11) is 0. The van der Waals surface area contributed by atoms with Crippen LogP contribution in [-0.2, 0) is 6.54 Å². The maximum Gasteiger partial charge on any atom is 0.261 e. The van der Waals surface area contributed by atoms with Gasteiger partial charge in [-0.05, 0) is 35.9 Å². The summed E-state index contributed by atoms with van der Waals surface area (Å²) in [6.45, 7) is 0.519. The van der Waals surface area contributed by atoms with Gasteiger partial charge in [0, 0.05) is 49.1 Å². The topological polar surface area (TPSA) is 99.3 Å². The van der Waals surface area contributed by atoms with Crippen molar-refractivity contribution in [3.63, 3.8) is 0 Å². The number of nitrogens with zero attached hydrogens (tertiary/aromatic N) is 6. The van der Waals surface area contributed by atoms with Crippen molar-refractivity contribution in [2.45, 2.75) is 18.9 Å². The number of aromatic amines is 2. The number of fused-ring (bicyclic) bond motifs is 2. The van der Waals surface area contributed by atoms with Crippen LogP contribution >= 0.6 is 11.3 Å². The number of pyridine rings is 3. The molecule has 0 aromatic carbocycles. The normalized spacial score (nSPS) is 15.7. The minimum atomic E-state index is -2.64. The Labute approximate surface area is 217 Å². The van der Waals surface area contributed by atoms with E-state index in [1.807, 2.05) is 18.2 Å². The lowest BCUT2D eigenvalue weighted by molar-refractivity contribution is 0.0115. The zero-order valence-corrected chi connectivity index (χ0v) is 20.6. The highest BCUT2D eigenvalue weighted by Gasteiger charge is 2.37. The molecule has 0 amide bonds. The van der Waals surface area contributed by atoms with Gasteiger partial charge < -0.3 is 4.98 Å². The predicted octanol–water partition coefficient (Wildman–Crippen LogP) is 5.67. The zero-order valence-electron chi connectivity index (χ0n) is 19.8. The van der Waals surface area contributed by atoms with Crippen LogP contribution in [0.1, 0.15) is 12.0 Å². The van der Waals surface area contributed by atoms with Gasteiger partial charge in [0.25, 0.3) is 5.92 Å². The smallest absolute Gasteiger partial charge is 0.261 e. The van der Waals surface area contributed by atoms with Gasteiger partial charge in [-0.3, -0.25) is 25.0 Å². The van der Waals surface area contributed by atoms with E-state index in [9.17, 15) is 13.2 Å². The molecule has 0 atom stereocenters. The van der Waals surface area contributed by atoms with E-state index in [0.29, 0.717) is 46.4 Å². The summed E-state index contributed by atoms with van der Waals surface area (Å²) in [6, 6.07) is 8.74. The van der Waals surface area contributed by atoms with Gasteiger partial charge in [-0.2, -0.15) is 9.49 Å². The first-order valence-electron chi connectivity index (χ1n) is 11.9. The van der Waals surface area contributed by atoms with Crippen LogP contribution in [0.5, 0.6) is 0 Å². The summed E-state index contributed by atoms with van der Waals surface area (Å²) < 4.78 is 40.9. The molecule has 7 rings (SSSR count). The highest BCUT2D eigenvalue weighted by molar-refractivity contribution is 7.13. The number of H-pyrrole nitrogens is 2. The Morgan fingerprint density at radius 3 is 2.76 bits per heavy atom. The number of imidazole rings is 1. The van der Waals surface area contributed by atoms with Gasteiger partial charge in [-0.15, -0.1) is 11.3 Å². The van der Waals surface area contributed by atoms with Crippen molar-refractivity contribution in [1.82, 2.24) is 40.0 Å². The van der Waals surface area contributed by atoms with Gasteiger partial charge in [-0.25, -0.2) is 13.8 Å². The SMILES string of the molecule is Fc1ccc(-c2nccc3[nH]c(-c4n[nH]c5cnc(-c6cncc(CN7CCC(F)(F)C7)c6)cc45)nc23)s1. The standard InChI is InChI=1S/C26H19F3N8S/c27-21-2-1-20(38-21)24-23-17(3-5-31-24)33-25(34-23)22-16-8-18(32-11-19(16)35-36-22)15-7-14(9-30-10-15)12-37-6-4-26(28,29)13-37/h1-3,5,7-11H,4,6,12-13H2,(H,33,34)(H,35,36). The van der Waals surface area contributed by atoms with E-state index in [0.717, 1.165) is 38.9 Å². The van der Waals surface area contributed by atoms with E-state index in [2.05, 4.69) is 30.1 Å². The van der Waals surface area contributed by atoms with Crippen LogP contribution in [0.2, 0.25) is 0 Å². The molecule has 8 nitrogen and oxygen atoms in total. The molecule has 12 heteroatoms. The third kappa shape index (κ3) is 4.11. The third-order valence-electron chi connectivity index (χ3n) is 6.62. The van der Waals surface area contributed by atoms with Crippen LogP contribution in [0, 0.1) is 5.13 Å². The van der Waals surface area contributed by atoms with E-state index in [1.54, 1.807) is 35.8 Å². The molecule has 0 bridgehead atoms. The molecule has 190 valence electrons. The monoisotopic (exact) mass is 532 g/mol. The second-order valence-corrected chi connectivity index (χ2v) is 10.4. The number of alkyl halides is 2. The van der Waals surface area contributed by atoms with Gasteiger partial charge in [0.05, 0.1) is 34.3 Å². The zero-order chi connectivity index (χ0) is 25.9. The maximum atomic E-state index is 13.7. The highest BCUT2D eigenvalue weighted by atomic mass is 32.1. The van der Waals surface area contributed by atoms with Crippen molar-refractivity contribution in [2.75, 3.05) is 13.1 Å². The quantitative estimate of drug-likeness (QED) is 0.297. The van der Waals surface area contributed by atoms with Crippen molar-refractivity contribution in [1.29, 1.82) is 0 Å². The first-order chi connectivity index (χ1) is 18.4. The van der Waals surface area contributed by atoms with Crippen LogP contribution in [0.4, 0.5) is 13.2 Å². The minimum absolute atomic E-state index is 0.120. The molecule has 6 aromatic heterocycles. The van der Waals surface area contributed by atoms with Crippen LogP contribution < -0.4 is 0 Å². The molecule has 0 unspecified atom stereocenters. The molecule has 38 heavy (non-hydrogen) atoms. The number of hydrogen-bond donors (Lipinski definition) is 2. The fourth-order valence-electron chi connectivity index (χ4n) is 4.84. The molecule has 0 radical (unpaired) electrons. The maximum absolute atomic E-state index is 13.7. The van der Waals surface area contributed by atoms with Crippen LogP contribution in [0.15, 0.2) is 55.1 Å². The molecular weight excluding hydrogens is 513 g/mol. The second-order valence-electron chi connectivity index (χ2n) is 9.33. The van der Waals surface area contributed by atoms with E-state index in [1.165, 1.54) is 6.07 Å². The molecule has 2 N–H and O–H groups in total. The van der Waals surface area contributed by atoms with Crippen molar-refractivity contribution in [3.8, 4) is 33.3 Å². The number of thiophene rings is 1. The fourth-order valence-corrected chi connectivity index (χ4v) is 5.57. The van der Waals surface area contributed by atoms with Gasteiger partial charge in [0.1, 0.15) is 16.9 Å². The van der Waals surface area contributed by atoms with Crippen LogP contribution in [0.25, 0.3) is 55.3 Å². The van der Waals surface area contributed by atoms with E-state index < -0.39 is 5.92 Å². The second kappa shape index (κ2) is 8.71. The first-order valence-corrected chi connectivity index (χ1v) is 12.7. The summed E-state index contributed by atoms with van der Waals surface area (Å²) >= 11 is 1.02. The van der Waals surface area contributed by atoms with E-state index in [4.69, 9.17) is 4.98 Å². The fraction of sp³-hybridized carbons (Fsp3) is 0.192. The summed E-state index contributed by atoms with van der Waals surface area (Å²) in [6.07, 6.45) is 6.63. The highest BCUT2D eigenvalue weighted by Crippen LogP contribution is 2.34. The Hall–Kier alpha value is -4.16. The lowest BCUT2D eigenvalue weighted by Gasteiger charge is -2.15. The van der Waals surface area contributed by atoms with Gasteiger partial charge in [-0.1, -0.05) is 0 Å². The summed E-state index contributed by atoms with van der Waals surface area (Å²) in [5, 5.41) is 7.98. The van der Waals surface area contributed by atoms with E-state index in [-0.39, 0.29) is 18.1 Å². The molecule has 0 saturated carbocycles. The number of nitrogens with one attached hydrogen (secondary N) is 2. The van der Waals surface area contributed by atoms with Crippen molar-refractivity contribution in [2.24, 2.45) is 0 Å². The predicted molar refractivity (Wildman–Crippen MR) is 138 cm³/mol. The van der Waals surface area contributed by atoms with Gasteiger partial charge >= 0.3 is 0 Å². The number of halogens is 3. The molecule has 1 aliphatic rings. The molecule has 1 fully saturated rings. The van der Waals surface area contributed by atoms with E-state index >= 15 is 0 Å². The largest absolute Gasteiger partial charge is 0.336 e. The molecule has 0 aliphatic carbocycles. The summed E-state index contributed by atoms with van der Waals surface area (Å²) in [5.41, 5.74) is 5.61. The molecule has 0 spiro atoms. The Kier molecular flexibility index (Phi) is 5.27. The van der Waals surface area contributed by atoms with Crippen molar-refractivity contribution in [3.05, 3.63) is 65.8 Å². The lowest BCUT2D eigenvalue weighted by atomic mass is 10.1. The van der Waals surface area contributed by atoms with Crippen LogP contribution in [-0.4, -0.2) is 59.0 Å². The van der Waals surface area contributed by atoms with Crippen molar-refractivity contribution < 1.29 is 13.2 Å².